The van der Waals surface area contributed by atoms with Crippen molar-refractivity contribution in [3.8, 4) is 0 Å². The van der Waals surface area contributed by atoms with E-state index in [1.807, 2.05) is 30.3 Å². The Balaban J connectivity index is 2.12. The van der Waals surface area contributed by atoms with E-state index in [1.54, 1.807) is 17.8 Å². The van der Waals surface area contributed by atoms with Crippen molar-refractivity contribution in [2.75, 3.05) is 0 Å². The Bertz CT molecular complexity index is 601. The molecule has 2 aromatic rings. The summed E-state index contributed by atoms with van der Waals surface area (Å²) >= 11 is 7.78. The van der Waals surface area contributed by atoms with Gasteiger partial charge >= 0.3 is 0 Å². The lowest BCUT2D eigenvalue weighted by molar-refractivity contribution is 0.546. The summed E-state index contributed by atoms with van der Waals surface area (Å²) in [6.45, 7) is 4.64. The fourth-order valence-electron chi connectivity index (χ4n) is 1.92. The van der Waals surface area contributed by atoms with Gasteiger partial charge in [0.15, 0.2) is 0 Å². The average molecular weight is 324 g/mol. The fraction of sp³-hybridized carbons (Fsp3) is 0.294. The van der Waals surface area contributed by atoms with E-state index in [-0.39, 0.29) is 5.82 Å². The molecule has 0 radical (unpaired) electrons. The molecular weight excluding hydrogens is 305 g/mol. The maximum Gasteiger partial charge on any atom is 0.128 e. The first-order chi connectivity index (χ1) is 10.1. The SMILES string of the molecule is CC(C)NCc1c(F)cccc1SCc1ccccc1Cl. The van der Waals surface area contributed by atoms with E-state index < -0.39 is 0 Å². The van der Waals surface area contributed by atoms with Gasteiger partial charge in [-0.2, -0.15) is 0 Å². The topological polar surface area (TPSA) is 12.0 Å². The first-order valence-corrected chi connectivity index (χ1v) is 8.31. The predicted octanol–water partition coefficient (Wildman–Crippen LogP) is 5.27. The lowest BCUT2D eigenvalue weighted by Crippen LogP contribution is -2.22. The van der Waals surface area contributed by atoms with Gasteiger partial charge in [0.2, 0.25) is 0 Å². The second-order valence-corrected chi connectivity index (χ2v) is 6.56. The van der Waals surface area contributed by atoms with Crippen LogP contribution in [0.15, 0.2) is 47.4 Å². The average Bonchev–Trinajstić information content (AvgIpc) is 2.45. The molecule has 0 spiro atoms. The Morgan fingerprint density at radius 3 is 2.62 bits per heavy atom. The number of rotatable bonds is 6. The number of benzene rings is 2. The van der Waals surface area contributed by atoms with Crippen LogP contribution in [0.3, 0.4) is 0 Å². The third kappa shape index (κ3) is 4.73. The lowest BCUT2D eigenvalue weighted by atomic mass is 10.2. The van der Waals surface area contributed by atoms with Crippen LogP contribution in [0.25, 0.3) is 0 Å². The van der Waals surface area contributed by atoms with E-state index in [0.29, 0.717) is 12.6 Å². The van der Waals surface area contributed by atoms with Crippen LogP contribution in [-0.2, 0) is 12.3 Å². The summed E-state index contributed by atoms with van der Waals surface area (Å²) in [4.78, 5) is 0.961. The molecule has 1 nitrogen and oxygen atoms in total. The third-order valence-corrected chi connectivity index (χ3v) is 4.62. The summed E-state index contributed by atoms with van der Waals surface area (Å²) in [6, 6.07) is 13.3. The van der Waals surface area contributed by atoms with Gasteiger partial charge in [0.05, 0.1) is 0 Å². The molecule has 112 valence electrons. The van der Waals surface area contributed by atoms with Gasteiger partial charge < -0.3 is 5.32 Å². The Hall–Kier alpha value is -1.03. The molecule has 2 rings (SSSR count). The first-order valence-electron chi connectivity index (χ1n) is 6.95. The molecule has 0 aliphatic heterocycles. The predicted molar refractivity (Wildman–Crippen MR) is 89.4 cm³/mol. The van der Waals surface area contributed by atoms with E-state index in [4.69, 9.17) is 11.6 Å². The van der Waals surface area contributed by atoms with Crippen molar-refractivity contribution in [2.45, 2.75) is 37.1 Å². The molecule has 0 heterocycles. The molecule has 0 unspecified atom stereocenters. The summed E-state index contributed by atoms with van der Waals surface area (Å²) in [7, 11) is 0. The van der Waals surface area contributed by atoms with Crippen molar-refractivity contribution >= 4 is 23.4 Å². The monoisotopic (exact) mass is 323 g/mol. The van der Waals surface area contributed by atoms with Crippen molar-refractivity contribution in [3.63, 3.8) is 0 Å². The van der Waals surface area contributed by atoms with Gasteiger partial charge in [-0.1, -0.05) is 49.7 Å². The third-order valence-electron chi connectivity index (χ3n) is 3.10. The minimum absolute atomic E-state index is 0.160. The van der Waals surface area contributed by atoms with E-state index in [0.717, 1.165) is 26.8 Å². The van der Waals surface area contributed by atoms with Crippen LogP contribution in [-0.4, -0.2) is 6.04 Å². The highest BCUT2D eigenvalue weighted by Gasteiger charge is 2.10. The normalized spacial score (nSPS) is 11.1. The molecule has 2 aromatic carbocycles. The van der Waals surface area contributed by atoms with Crippen LogP contribution in [0.4, 0.5) is 4.39 Å². The number of halogens is 2. The van der Waals surface area contributed by atoms with Gasteiger partial charge in [-0.3, -0.25) is 0 Å². The highest BCUT2D eigenvalue weighted by atomic mass is 35.5. The van der Waals surface area contributed by atoms with Crippen LogP contribution in [0.5, 0.6) is 0 Å². The molecule has 0 aromatic heterocycles. The van der Waals surface area contributed by atoms with Gasteiger partial charge in [-0.15, -0.1) is 11.8 Å². The van der Waals surface area contributed by atoms with Crippen molar-refractivity contribution in [3.05, 3.63) is 64.4 Å². The summed E-state index contributed by atoms with van der Waals surface area (Å²) in [5.74, 6) is 0.574. The van der Waals surface area contributed by atoms with Gasteiger partial charge in [-0.05, 0) is 23.8 Å². The van der Waals surface area contributed by atoms with Crippen LogP contribution in [0.1, 0.15) is 25.0 Å². The Kier molecular flexibility index (Phi) is 6.09. The molecule has 0 saturated heterocycles. The standard InChI is InChI=1S/C17H19ClFNS/c1-12(2)20-10-14-16(19)8-5-9-17(14)21-11-13-6-3-4-7-15(13)18/h3-9,12,20H,10-11H2,1-2H3. The summed E-state index contributed by atoms with van der Waals surface area (Å²) in [5, 5.41) is 4.03. The number of hydrogen-bond donors (Lipinski definition) is 1. The maximum absolute atomic E-state index is 14.0. The molecule has 0 amide bonds. The zero-order valence-electron chi connectivity index (χ0n) is 12.2. The van der Waals surface area contributed by atoms with Gasteiger partial charge in [-0.25, -0.2) is 4.39 Å². The van der Waals surface area contributed by atoms with Gasteiger partial charge in [0, 0.05) is 33.8 Å². The fourth-order valence-corrected chi connectivity index (χ4v) is 3.29. The highest BCUT2D eigenvalue weighted by Crippen LogP contribution is 2.30. The molecule has 4 heteroatoms. The molecule has 0 atom stereocenters. The Labute approximate surface area is 134 Å². The molecule has 0 bridgehead atoms. The molecule has 0 aliphatic carbocycles. The molecule has 0 saturated carbocycles. The molecule has 0 fully saturated rings. The van der Waals surface area contributed by atoms with E-state index in [2.05, 4.69) is 19.2 Å². The molecule has 0 aliphatic rings. The zero-order valence-corrected chi connectivity index (χ0v) is 13.8. The summed E-state index contributed by atoms with van der Waals surface area (Å²) in [5.41, 5.74) is 1.79. The van der Waals surface area contributed by atoms with Gasteiger partial charge in [0.25, 0.3) is 0 Å². The quantitative estimate of drug-likeness (QED) is 0.727. The van der Waals surface area contributed by atoms with Gasteiger partial charge in [0.1, 0.15) is 5.82 Å². The number of thioether (sulfide) groups is 1. The smallest absolute Gasteiger partial charge is 0.128 e. The van der Waals surface area contributed by atoms with E-state index >= 15 is 0 Å². The second kappa shape index (κ2) is 7.83. The van der Waals surface area contributed by atoms with Crippen LogP contribution >= 0.6 is 23.4 Å². The van der Waals surface area contributed by atoms with Crippen molar-refractivity contribution in [2.24, 2.45) is 0 Å². The minimum atomic E-state index is -0.160. The largest absolute Gasteiger partial charge is 0.310 e. The lowest BCUT2D eigenvalue weighted by Gasteiger charge is -2.13. The zero-order chi connectivity index (χ0) is 15.2. The number of nitrogens with one attached hydrogen (secondary N) is 1. The van der Waals surface area contributed by atoms with E-state index in [9.17, 15) is 4.39 Å². The second-order valence-electron chi connectivity index (χ2n) is 5.13. The summed E-state index contributed by atoms with van der Waals surface area (Å²) in [6.07, 6.45) is 0. The van der Waals surface area contributed by atoms with Crippen LogP contribution in [0, 0.1) is 5.82 Å². The van der Waals surface area contributed by atoms with Crippen molar-refractivity contribution in [1.29, 1.82) is 0 Å². The van der Waals surface area contributed by atoms with Crippen LogP contribution in [0.2, 0.25) is 5.02 Å². The van der Waals surface area contributed by atoms with Crippen LogP contribution < -0.4 is 5.32 Å². The summed E-state index contributed by atoms with van der Waals surface area (Å²) < 4.78 is 14.0. The van der Waals surface area contributed by atoms with Crippen molar-refractivity contribution in [1.82, 2.24) is 5.32 Å². The van der Waals surface area contributed by atoms with Crippen molar-refractivity contribution < 1.29 is 4.39 Å². The molecule has 1 N–H and O–H groups in total. The number of hydrogen-bond acceptors (Lipinski definition) is 2. The Morgan fingerprint density at radius 1 is 1.14 bits per heavy atom. The maximum atomic E-state index is 14.0. The minimum Gasteiger partial charge on any atom is -0.310 e. The Morgan fingerprint density at radius 2 is 1.90 bits per heavy atom. The molecule has 21 heavy (non-hydrogen) atoms. The highest BCUT2D eigenvalue weighted by molar-refractivity contribution is 7.98. The molecular formula is C17H19ClFNS. The van der Waals surface area contributed by atoms with E-state index in [1.165, 1.54) is 6.07 Å². The first kappa shape index (κ1) is 16.3.